The average Bonchev–Trinajstić information content (AvgIpc) is 2.81. The lowest BCUT2D eigenvalue weighted by Gasteiger charge is -2.23. The van der Waals surface area contributed by atoms with Gasteiger partial charge in [0.25, 0.3) is 0 Å². The van der Waals surface area contributed by atoms with E-state index in [-0.39, 0.29) is 17.7 Å². The van der Waals surface area contributed by atoms with Gasteiger partial charge in [0, 0.05) is 13.6 Å². The van der Waals surface area contributed by atoms with Gasteiger partial charge < -0.3 is 16.2 Å². The van der Waals surface area contributed by atoms with Crippen molar-refractivity contribution in [1.29, 1.82) is 0 Å². The van der Waals surface area contributed by atoms with Crippen LogP contribution in [-0.2, 0) is 11.3 Å². The summed E-state index contributed by atoms with van der Waals surface area (Å²) in [6.07, 6.45) is 1.93. The number of anilines is 1. The number of rotatable bonds is 3. The van der Waals surface area contributed by atoms with Gasteiger partial charge in [0.05, 0.1) is 11.7 Å². The van der Waals surface area contributed by atoms with Gasteiger partial charge in [-0.25, -0.2) is 0 Å². The van der Waals surface area contributed by atoms with Gasteiger partial charge in [-0.05, 0) is 37.1 Å². The van der Waals surface area contributed by atoms with Gasteiger partial charge >= 0.3 is 0 Å². The fraction of sp³-hybridized carbons (Fsp3) is 0.462. The maximum atomic E-state index is 11.7. The summed E-state index contributed by atoms with van der Waals surface area (Å²) in [5.74, 6) is 0.169. The van der Waals surface area contributed by atoms with E-state index in [4.69, 9.17) is 5.73 Å². The Kier molecular flexibility index (Phi) is 3.72. The van der Waals surface area contributed by atoms with Crippen molar-refractivity contribution in [2.24, 2.45) is 0 Å². The van der Waals surface area contributed by atoms with E-state index in [9.17, 15) is 9.90 Å². The number of nitrogens with two attached hydrogens (primary N) is 1. The summed E-state index contributed by atoms with van der Waals surface area (Å²) < 4.78 is 0. The Labute approximate surface area is 107 Å². The second-order valence-electron chi connectivity index (χ2n) is 4.64. The van der Waals surface area contributed by atoms with Gasteiger partial charge in [0.15, 0.2) is 0 Å². The van der Waals surface area contributed by atoms with E-state index in [1.54, 1.807) is 19.2 Å². The van der Waals surface area contributed by atoms with Crippen LogP contribution in [0.3, 0.4) is 0 Å². The Bertz CT molecular complexity index is 448. The zero-order chi connectivity index (χ0) is 13.1. The number of nitrogen functional groups attached to an aromatic ring is 1. The highest BCUT2D eigenvalue weighted by molar-refractivity contribution is 5.81. The van der Waals surface area contributed by atoms with Crippen LogP contribution in [0.1, 0.15) is 18.4 Å². The molecule has 1 atom stereocenters. The van der Waals surface area contributed by atoms with Crippen LogP contribution in [0.5, 0.6) is 5.75 Å². The summed E-state index contributed by atoms with van der Waals surface area (Å²) in [4.78, 5) is 13.9. The molecule has 0 saturated carbocycles. The molecule has 1 aliphatic heterocycles. The molecule has 1 aromatic carbocycles. The number of nitrogens with zero attached hydrogens (tertiary/aromatic N) is 1. The number of amides is 1. The number of likely N-dealkylation sites (N-methyl/N-ethyl adjacent to an activating group) is 1. The normalized spacial score (nSPS) is 19.9. The molecule has 1 aliphatic rings. The molecule has 1 aromatic rings. The van der Waals surface area contributed by atoms with E-state index in [0.29, 0.717) is 12.2 Å². The minimum Gasteiger partial charge on any atom is -0.506 e. The molecule has 0 radical (unpaired) electrons. The third-order valence-electron chi connectivity index (χ3n) is 3.39. The molecular weight excluding hydrogens is 230 g/mol. The summed E-state index contributed by atoms with van der Waals surface area (Å²) in [6.45, 7) is 1.60. The molecule has 0 bridgehead atoms. The Morgan fingerprint density at radius 1 is 1.61 bits per heavy atom. The molecule has 0 spiro atoms. The Hall–Kier alpha value is -1.75. The van der Waals surface area contributed by atoms with E-state index in [2.05, 4.69) is 10.2 Å². The second-order valence-corrected chi connectivity index (χ2v) is 4.64. The van der Waals surface area contributed by atoms with E-state index >= 15 is 0 Å². The minimum atomic E-state index is -0.0509. The van der Waals surface area contributed by atoms with Crippen molar-refractivity contribution in [1.82, 2.24) is 10.2 Å². The molecule has 5 heteroatoms. The fourth-order valence-electron chi connectivity index (χ4n) is 2.42. The number of carbonyl (C=O) groups excluding carboxylic acids is 1. The van der Waals surface area contributed by atoms with Crippen LogP contribution in [-0.4, -0.2) is 35.5 Å². The van der Waals surface area contributed by atoms with Crippen LogP contribution >= 0.6 is 0 Å². The van der Waals surface area contributed by atoms with Crippen molar-refractivity contribution in [2.75, 3.05) is 19.3 Å². The van der Waals surface area contributed by atoms with E-state index in [0.717, 1.165) is 24.9 Å². The summed E-state index contributed by atoms with van der Waals surface area (Å²) in [5, 5.41) is 12.1. The number of phenols is 1. The summed E-state index contributed by atoms with van der Waals surface area (Å²) in [6, 6.07) is 5.14. The molecule has 1 fully saturated rings. The van der Waals surface area contributed by atoms with Crippen molar-refractivity contribution in [3.63, 3.8) is 0 Å². The molecule has 1 saturated heterocycles. The average molecular weight is 249 g/mol. The first-order valence-electron chi connectivity index (χ1n) is 6.15. The van der Waals surface area contributed by atoms with Crippen LogP contribution in [0.15, 0.2) is 18.2 Å². The molecule has 2 rings (SSSR count). The molecule has 1 unspecified atom stereocenters. The lowest BCUT2D eigenvalue weighted by Crippen LogP contribution is -2.41. The third kappa shape index (κ3) is 2.56. The van der Waals surface area contributed by atoms with Crippen molar-refractivity contribution in [3.05, 3.63) is 23.8 Å². The number of aromatic hydroxyl groups is 1. The van der Waals surface area contributed by atoms with Crippen LogP contribution in [0.25, 0.3) is 0 Å². The Balaban J connectivity index is 2.08. The Morgan fingerprint density at radius 3 is 3.06 bits per heavy atom. The zero-order valence-electron chi connectivity index (χ0n) is 10.5. The Morgan fingerprint density at radius 2 is 2.39 bits per heavy atom. The number of nitrogens with one attached hydrogen (secondary N) is 1. The first-order chi connectivity index (χ1) is 8.61. The number of hydrogen-bond acceptors (Lipinski definition) is 4. The van der Waals surface area contributed by atoms with Crippen molar-refractivity contribution in [3.8, 4) is 5.75 Å². The number of phenolic OH excluding ortho intramolecular Hbond substituents is 1. The van der Waals surface area contributed by atoms with E-state index in [1.165, 1.54) is 0 Å². The first kappa shape index (κ1) is 12.7. The SMILES string of the molecule is CNC(=O)C1CCCN1Cc1ccc(O)c(N)c1. The maximum absolute atomic E-state index is 11.7. The molecule has 4 N–H and O–H groups in total. The number of likely N-dealkylation sites (tertiary alicyclic amines) is 1. The number of benzene rings is 1. The molecule has 0 aliphatic carbocycles. The maximum Gasteiger partial charge on any atom is 0.237 e. The predicted octanol–water partition coefficient (Wildman–Crippen LogP) is 0.685. The number of carbonyl (C=O) groups is 1. The minimum absolute atomic E-state index is 0.0509. The van der Waals surface area contributed by atoms with Crippen LogP contribution in [0, 0.1) is 0 Å². The molecular formula is C13H19N3O2. The van der Waals surface area contributed by atoms with Crippen molar-refractivity contribution >= 4 is 11.6 Å². The lowest BCUT2D eigenvalue weighted by atomic mass is 10.1. The monoisotopic (exact) mass is 249 g/mol. The quantitative estimate of drug-likeness (QED) is 0.544. The smallest absolute Gasteiger partial charge is 0.237 e. The molecule has 5 nitrogen and oxygen atoms in total. The topological polar surface area (TPSA) is 78.6 Å². The summed E-state index contributed by atoms with van der Waals surface area (Å²) >= 11 is 0. The molecule has 0 aromatic heterocycles. The lowest BCUT2D eigenvalue weighted by molar-refractivity contribution is -0.125. The summed E-state index contributed by atoms with van der Waals surface area (Å²) in [7, 11) is 1.66. The summed E-state index contributed by atoms with van der Waals surface area (Å²) in [5.41, 5.74) is 7.06. The van der Waals surface area contributed by atoms with Gasteiger partial charge in [-0.1, -0.05) is 6.07 Å². The van der Waals surface area contributed by atoms with Crippen molar-refractivity contribution in [2.45, 2.75) is 25.4 Å². The van der Waals surface area contributed by atoms with E-state index in [1.807, 2.05) is 6.07 Å². The van der Waals surface area contributed by atoms with Gasteiger partial charge in [-0.2, -0.15) is 0 Å². The molecule has 1 heterocycles. The van der Waals surface area contributed by atoms with Gasteiger partial charge in [-0.15, -0.1) is 0 Å². The first-order valence-corrected chi connectivity index (χ1v) is 6.15. The van der Waals surface area contributed by atoms with Gasteiger partial charge in [0.1, 0.15) is 5.75 Å². The van der Waals surface area contributed by atoms with E-state index < -0.39 is 0 Å². The molecule has 1 amide bonds. The highest BCUT2D eigenvalue weighted by Crippen LogP contribution is 2.24. The van der Waals surface area contributed by atoms with Crippen LogP contribution in [0.2, 0.25) is 0 Å². The highest BCUT2D eigenvalue weighted by Gasteiger charge is 2.29. The molecule has 98 valence electrons. The van der Waals surface area contributed by atoms with Crippen molar-refractivity contribution < 1.29 is 9.90 Å². The van der Waals surface area contributed by atoms with Gasteiger partial charge in [-0.3, -0.25) is 9.69 Å². The highest BCUT2D eigenvalue weighted by atomic mass is 16.3. The fourth-order valence-corrected chi connectivity index (χ4v) is 2.42. The van der Waals surface area contributed by atoms with Gasteiger partial charge in [0.2, 0.25) is 5.91 Å². The third-order valence-corrected chi connectivity index (χ3v) is 3.39. The number of hydrogen-bond donors (Lipinski definition) is 3. The second kappa shape index (κ2) is 5.27. The van der Waals surface area contributed by atoms with Crippen LogP contribution in [0.4, 0.5) is 5.69 Å². The van der Waals surface area contributed by atoms with Crippen LogP contribution < -0.4 is 11.1 Å². The molecule has 18 heavy (non-hydrogen) atoms. The zero-order valence-corrected chi connectivity index (χ0v) is 10.5. The largest absolute Gasteiger partial charge is 0.506 e. The standard InChI is InChI=1S/C13H19N3O2/c1-15-13(18)11-3-2-6-16(11)8-9-4-5-12(17)10(14)7-9/h4-5,7,11,17H,2-3,6,8,14H2,1H3,(H,15,18). The predicted molar refractivity (Wildman–Crippen MR) is 70.0 cm³/mol.